The number of carbonyl (C=O) groups is 2. The highest BCUT2D eigenvalue weighted by Gasteiger charge is 2.44. The summed E-state index contributed by atoms with van der Waals surface area (Å²) in [6.45, 7) is 0.952. The van der Waals surface area contributed by atoms with Crippen LogP contribution < -0.4 is 19.1 Å². The SMILES string of the molecule is COc1ccc(C2C(=C([O-])c3ccc(OC)c(Cl)c3)C(=O)C(=O)N2CCC[n+]2cc[nH]c2)cc1. The summed E-state index contributed by atoms with van der Waals surface area (Å²) in [5, 5.41) is 13.7. The zero-order valence-electron chi connectivity index (χ0n) is 18.8. The van der Waals surface area contributed by atoms with Crippen molar-refractivity contribution in [3.8, 4) is 11.5 Å². The minimum absolute atomic E-state index is 0.0919. The molecule has 1 saturated heterocycles. The number of likely N-dealkylation sites (tertiary alicyclic amines) is 1. The second-order valence-corrected chi connectivity index (χ2v) is 8.21. The standard InChI is InChI=1S/C25H24ClN3O5/c1-33-18-7-4-16(5-8-18)22-21(23(30)17-6-9-20(34-2)19(26)14-17)24(31)25(32)29(22)12-3-11-28-13-10-27-15-28/h4-10,13-15,22H,3,11-12H2,1-2H3,(H,30,31). The van der Waals surface area contributed by atoms with Crippen molar-refractivity contribution in [3.05, 3.63) is 82.9 Å². The lowest BCUT2D eigenvalue weighted by Crippen LogP contribution is -2.36. The third-order valence-electron chi connectivity index (χ3n) is 5.79. The van der Waals surface area contributed by atoms with Gasteiger partial charge in [0.15, 0.2) is 0 Å². The van der Waals surface area contributed by atoms with Gasteiger partial charge in [-0.1, -0.05) is 35.6 Å². The fourth-order valence-corrected chi connectivity index (χ4v) is 4.34. The Kier molecular flexibility index (Phi) is 6.88. The van der Waals surface area contributed by atoms with E-state index in [0.717, 1.165) is 0 Å². The van der Waals surface area contributed by atoms with Gasteiger partial charge in [-0.3, -0.25) is 14.6 Å². The molecule has 2 aromatic carbocycles. The molecule has 1 N–H and O–H groups in total. The Morgan fingerprint density at radius 3 is 2.53 bits per heavy atom. The molecule has 4 rings (SSSR count). The summed E-state index contributed by atoms with van der Waals surface area (Å²) in [6, 6.07) is 10.7. The maximum atomic E-state index is 13.5. The van der Waals surface area contributed by atoms with Crippen LogP contribution in [-0.2, 0) is 16.1 Å². The average Bonchev–Trinajstić information content (AvgIpc) is 3.46. The van der Waals surface area contributed by atoms with Gasteiger partial charge >= 0.3 is 0 Å². The average molecular weight is 482 g/mol. The molecule has 1 fully saturated rings. The second-order valence-electron chi connectivity index (χ2n) is 7.80. The molecule has 1 aliphatic rings. The van der Waals surface area contributed by atoms with E-state index in [-0.39, 0.29) is 16.2 Å². The number of amides is 1. The number of carbonyl (C=O) groups excluding carboxylic acids is 2. The molecule has 0 spiro atoms. The number of Topliss-reactive ketones (excluding diaryl/α,β-unsaturated/α-hetero) is 1. The van der Waals surface area contributed by atoms with Crippen LogP contribution in [0.2, 0.25) is 5.02 Å². The number of nitrogens with one attached hydrogen (secondary N) is 1. The normalized spacial score (nSPS) is 17.3. The number of ether oxygens (including phenoxy) is 2. The molecular weight excluding hydrogens is 458 g/mol. The van der Waals surface area contributed by atoms with Gasteiger partial charge < -0.3 is 19.5 Å². The number of rotatable bonds is 8. The largest absolute Gasteiger partial charge is 0.872 e. The zero-order valence-corrected chi connectivity index (χ0v) is 19.5. The molecular formula is C25H24ClN3O5. The summed E-state index contributed by atoms with van der Waals surface area (Å²) in [5.41, 5.74) is 0.771. The van der Waals surface area contributed by atoms with E-state index in [4.69, 9.17) is 21.1 Å². The number of aryl methyl sites for hydroxylation is 1. The molecule has 0 bridgehead atoms. The Balaban J connectivity index is 1.74. The molecule has 0 radical (unpaired) electrons. The van der Waals surface area contributed by atoms with Crippen LogP contribution in [0.3, 0.4) is 0 Å². The highest BCUT2D eigenvalue weighted by Crippen LogP contribution is 2.40. The molecule has 176 valence electrons. The van der Waals surface area contributed by atoms with Crippen LogP contribution in [-0.4, -0.2) is 42.3 Å². The fraction of sp³-hybridized carbons (Fsp3) is 0.240. The topological polar surface area (TPSA) is 98.6 Å². The Morgan fingerprint density at radius 1 is 1.15 bits per heavy atom. The molecule has 8 nitrogen and oxygen atoms in total. The van der Waals surface area contributed by atoms with Gasteiger partial charge in [0, 0.05) is 18.5 Å². The van der Waals surface area contributed by atoms with E-state index in [1.165, 1.54) is 24.1 Å². The minimum atomic E-state index is -0.810. The highest BCUT2D eigenvalue weighted by molar-refractivity contribution is 6.46. The molecule has 3 aromatic rings. The van der Waals surface area contributed by atoms with Gasteiger partial charge in [-0.2, -0.15) is 0 Å². The number of methoxy groups -OCH3 is 2. The summed E-state index contributed by atoms with van der Waals surface area (Å²) in [6.07, 6.45) is 6.10. The number of aromatic amines is 1. The molecule has 1 unspecified atom stereocenters. The van der Waals surface area contributed by atoms with E-state index in [0.29, 0.717) is 36.6 Å². The van der Waals surface area contributed by atoms with E-state index >= 15 is 0 Å². The third kappa shape index (κ3) is 4.49. The molecule has 1 aromatic heterocycles. The maximum absolute atomic E-state index is 13.5. The van der Waals surface area contributed by atoms with Crippen molar-refractivity contribution in [2.75, 3.05) is 20.8 Å². The van der Waals surface area contributed by atoms with Crippen LogP contribution in [0.25, 0.3) is 5.76 Å². The first-order chi connectivity index (χ1) is 16.4. The summed E-state index contributed by atoms with van der Waals surface area (Å²) in [7, 11) is 3.02. The number of benzene rings is 2. The Labute approximate surface area is 202 Å². The summed E-state index contributed by atoms with van der Waals surface area (Å²) < 4.78 is 12.3. The molecule has 1 atom stereocenters. The lowest BCUT2D eigenvalue weighted by atomic mass is 9.95. The van der Waals surface area contributed by atoms with Crippen molar-refractivity contribution < 1.29 is 28.7 Å². The smallest absolute Gasteiger partial charge is 0.295 e. The van der Waals surface area contributed by atoms with Crippen molar-refractivity contribution in [1.82, 2.24) is 9.88 Å². The molecule has 1 aliphatic heterocycles. The van der Waals surface area contributed by atoms with Gasteiger partial charge in [-0.05, 0) is 35.4 Å². The van der Waals surface area contributed by atoms with Gasteiger partial charge in [0.1, 0.15) is 23.9 Å². The number of hydrogen-bond acceptors (Lipinski definition) is 5. The predicted octanol–water partition coefficient (Wildman–Crippen LogP) is 2.29. The van der Waals surface area contributed by atoms with Crippen molar-refractivity contribution in [3.63, 3.8) is 0 Å². The highest BCUT2D eigenvalue weighted by atomic mass is 35.5. The first-order valence-corrected chi connectivity index (χ1v) is 11.1. The Hall–Kier alpha value is -3.78. The van der Waals surface area contributed by atoms with Crippen LogP contribution in [0, 0.1) is 0 Å². The number of H-pyrrole nitrogens is 1. The van der Waals surface area contributed by atoms with Crippen LogP contribution in [0.4, 0.5) is 0 Å². The molecule has 2 heterocycles. The molecule has 1 amide bonds. The van der Waals surface area contributed by atoms with Crippen LogP contribution in [0.15, 0.2) is 66.8 Å². The van der Waals surface area contributed by atoms with Gasteiger partial charge in [0.2, 0.25) is 12.1 Å². The van der Waals surface area contributed by atoms with E-state index in [1.807, 2.05) is 17.1 Å². The van der Waals surface area contributed by atoms with Gasteiger partial charge in [-0.15, -0.1) is 0 Å². The number of hydrogen-bond donors (Lipinski definition) is 1. The molecule has 0 aliphatic carbocycles. The van der Waals surface area contributed by atoms with E-state index in [9.17, 15) is 14.7 Å². The van der Waals surface area contributed by atoms with Crippen LogP contribution >= 0.6 is 11.6 Å². The third-order valence-corrected chi connectivity index (χ3v) is 6.09. The number of halogens is 1. The van der Waals surface area contributed by atoms with Crippen molar-refractivity contribution >= 4 is 29.1 Å². The van der Waals surface area contributed by atoms with Crippen molar-refractivity contribution in [2.24, 2.45) is 0 Å². The quantitative estimate of drug-likeness (QED) is 0.230. The Morgan fingerprint density at radius 2 is 1.91 bits per heavy atom. The second kappa shape index (κ2) is 10.0. The lowest BCUT2D eigenvalue weighted by Gasteiger charge is -2.27. The van der Waals surface area contributed by atoms with Crippen LogP contribution in [0.5, 0.6) is 11.5 Å². The van der Waals surface area contributed by atoms with E-state index in [2.05, 4.69) is 4.98 Å². The van der Waals surface area contributed by atoms with Gasteiger partial charge in [-0.25, -0.2) is 4.57 Å². The zero-order chi connectivity index (χ0) is 24.2. The molecule has 34 heavy (non-hydrogen) atoms. The van der Waals surface area contributed by atoms with E-state index < -0.39 is 23.5 Å². The maximum Gasteiger partial charge on any atom is 0.295 e. The van der Waals surface area contributed by atoms with Crippen LogP contribution in [0.1, 0.15) is 23.6 Å². The minimum Gasteiger partial charge on any atom is -0.872 e. The van der Waals surface area contributed by atoms with Crippen molar-refractivity contribution in [2.45, 2.75) is 19.0 Å². The summed E-state index contributed by atoms with van der Waals surface area (Å²) in [4.78, 5) is 30.6. The summed E-state index contributed by atoms with van der Waals surface area (Å²) >= 11 is 6.21. The number of imidazole rings is 1. The van der Waals surface area contributed by atoms with Gasteiger partial charge in [0.05, 0.1) is 31.8 Å². The number of aromatic nitrogens is 2. The lowest BCUT2D eigenvalue weighted by molar-refractivity contribution is -0.695. The number of ketones is 1. The van der Waals surface area contributed by atoms with Gasteiger partial charge in [0.25, 0.3) is 5.91 Å². The predicted molar refractivity (Wildman–Crippen MR) is 123 cm³/mol. The first-order valence-electron chi connectivity index (χ1n) is 10.7. The first kappa shape index (κ1) is 23.4. The number of nitrogens with zero attached hydrogens (tertiary/aromatic N) is 2. The van der Waals surface area contributed by atoms with E-state index in [1.54, 1.807) is 43.6 Å². The fourth-order valence-electron chi connectivity index (χ4n) is 4.08. The molecule has 9 heteroatoms. The Bertz CT molecular complexity index is 1220. The summed E-state index contributed by atoms with van der Waals surface area (Å²) in [5.74, 6) is -0.988. The molecule has 0 saturated carbocycles. The monoisotopic (exact) mass is 481 g/mol. The van der Waals surface area contributed by atoms with Crippen molar-refractivity contribution in [1.29, 1.82) is 0 Å².